The molecule has 0 bridgehead atoms. The molecule has 1 aromatic carbocycles. The molecule has 1 atom stereocenters. The van der Waals surface area contributed by atoms with Gasteiger partial charge in [-0.2, -0.15) is 0 Å². The smallest absolute Gasteiger partial charge is 0.125 e. The van der Waals surface area contributed by atoms with Crippen molar-refractivity contribution in [2.45, 2.75) is 18.9 Å². The third-order valence-corrected chi connectivity index (χ3v) is 2.56. The Hall–Kier alpha value is -0.540. The molecule has 0 fully saturated rings. The van der Waals surface area contributed by atoms with Crippen LogP contribution in [0.1, 0.15) is 25.9 Å². The number of halogens is 1. The maximum atomic E-state index is 9.90. The second kappa shape index (κ2) is 3.68. The van der Waals surface area contributed by atoms with E-state index in [-0.39, 0.29) is 0 Å². The summed E-state index contributed by atoms with van der Waals surface area (Å²) in [5, 5.41) is 9.90. The van der Waals surface area contributed by atoms with E-state index in [0.29, 0.717) is 30.8 Å². The van der Waals surface area contributed by atoms with E-state index in [4.69, 9.17) is 6.11 Å². The Bertz CT molecular complexity index is 352. The quantitative estimate of drug-likeness (QED) is 0.760. The maximum Gasteiger partial charge on any atom is 0.125 e. The molecule has 13 heavy (non-hydrogen) atoms. The second-order valence-corrected chi connectivity index (χ2v) is 3.95. The number of hydrogen-bond donors (Lipinski definition) is 1. The molecule has 1 aliphatic heterocycles. The number of aliphatic hydroxyl groups is 1. The average molecular weight is 244 g/mol. The minimum absolute atomic E-state index is 0.413. The van der Waals surface area contributed by atoms with Crippen molar-refractivity contribution >= 4 is 15.9 Å². The van der Waals surface area contributed by atoms with Gasteiger partial charge in [0.05, 0.1) is 14.1 Å². The van der Waals surface area contributed by atoms with Gasteiger partial charge in [0.1, 0.15) is 5.75 Å². The van der Waals surface area contributed by atoms with Crippen LogP contribution in [0.25, 0.3) is 0 Å². The van der Waals surface area contributed by atoms with Crippen LogP contribution >= 0.6 is 15.9 Å². The first-order chi connectivity index (χ1) is 6.59. The fourth-order valence-corrected chi connectivity index (χ4v) is 1.77. The molecule has 0 spiro atoms. The van der Waals surface area contributed by atoms with Gasteiger partial charge in [-0.3, -0.25) is 0 Å². The van der Waals surface area contributed by atoms with Gasteiger partial charge in [-0.15, -0.1) is 0 Å². The summed E-state index contributed by atoms with van der Waals surface area (Å²) in [5.41, 5.74) is 0.546. The number of ether oxygens (including phenoxy) is 1. The third-order valence-electron chi connectivity index (χ3n) is 2.07. The van der Waals surface area contributed by atoms with Gasteiger partial charge in [-0.05, 0) is 31.0 Å². The molecule has 1 N–H and O–H groups in total. The lowest BCUT2D eigenvalue weighted by Gasteiger charge is -2.10. The largest absolute Gasteiger partial charge is 0.493 e. The van der Waals surface area contributed by atoms with Gasteiger partial charge in [0.25, 0.3) is 0 Å². The molecule has 1 aromatic rings. The van der Waals surface area contributed by atoms with E-state index in [1.807, 2.05) is 6.07 Å². The number of benzene rings is 1. The standard InChI is InChI=1S/C10H11BrO2/c11-7-3-4-10-8(6-7)9(12)2-1-5-13-10/h3-4,6,9,12H,1-2,5H2/i9D. The van der Waals surface area contributed by atoms with E-state index in [9.17, 15) is 5.11 Å². The molecular formula is C10H11BrO2. The first-order valence-electron chi connectivity index (χ1n) is 4.75. The average Bonchev–Trinajstić information content (AvgIpc) is 2.26. The Morgan fingerprint density at radius 3 is 3.31 bits per heavy atom. The van der Waals surface area contributed by atoms with Crippen molar-refractivity contribution in [1.82, 2.24) is 0 Å². The van der Waals surface area contributed by atoms with Crippen LogP contribution in [0.2, 0.25) is 0 Å². The van der Waals surface area contributed by atoms with Crippen LogP contribution in [-0.2, 0) is 0 Å². The van der Waals surface area contributed by atoms with Crippen molar-refractivity contribution in [3.8, 4) is 5.75 Å². The van der Waals surface area contributed by atoms with E-state index in [0.717, 1.165) is 4.47 Å². The molecule has 1 aliphatic rings. The summed E-state index contributed by atoms with van der Waals surface area (Å²) in [6.45, 7) is 0.565. The van der Waals surface area contributed by atoms with Gasteiger partial charge in [0, 0.05) is 10.0 Å². The molecule has 70 valence electrons. The topological polar surface area (TPSA) is 29.5 Å². The van der Waals surface area contributed by atoms with E-state index in [1.165, 1.54) is 0 Å². The highest BCUT2D eigenvalue weighted by Crippen LogP contribution is 2.33. The molecule has 1 heterocycles. The number of hydrogen-bond acceptors (Lipinski definition) is 2. The van der Waals surface area contributed by atoms with Crippen molar-refractivity contribution in [2.24, 2.45) is 0 Å². The van der Waals surface area contributed by atoms with Crippen LogP contribution in [0.5, 0.6) is 5.75 Å². The van der Waals surface area contributed by atoms with Crippen LogP contribution in [0.15, 0.2) is 22.7 Å². The molecule has 2 nitrogen and oxygen atoms in total. The number of rotatable bonds is 0. The molecule has 0 saturated heterocycles. The predicted molar refractivity (Wildman–Crippen MR) is 53.8 cm³/mol. The minimum atomic E-state index is -1.52. The van der Waals surface area contributed by atoms with Crippen molar-refractivity contribution in [3.05, 3.63) is 28.2 Å². The van der Waals surface area contributed by atoms with Crippen LogP contribution in [-0.4, -0.2) is 11.7 Å². The Labute approximate surface area is 87.1 Å². The summed E-state index contributed by atoms with van der Waals surface area (Å²) < 4.78 is 14.1. The summed E-state index contributed by atoms with van der Waals surface area (Å²) in [6.07, 6.45) is -0.404. The number of fused-ring (bicyclic) bond motifs is 1. The lowest BCUT2D eigenvalue weighted by molar-refractivity contribution is 0.167. The van der Waals surface area contributed by atoms with Gasteiger partial charge < -0.3 is 9.84 Å². The molecule has 1 unspecified atom stereocenters. The lowest BCUT2D eigenvalue weighted by atomic mass is 10.1. The zero-order valence-corrected chi connectivity index (χ0v) is 8.67. The molecule has 0 saturated carbocycles. The molecule has 0 amide bonds. The zero-order valence-electron chi connectivity index (χ0n) is 8.09. The summed E-state index contributed by atoms with van der Waals surface area (Å²) >= 11 is 3.32. The SMILES string of the molecule is [2H]C1(O)CCCOc2ccc(Br)cc21. The maximum absolute atomic E-state index is 9.90. The van der Waals surface area contributed by atoms with Crippen molar-refractivity contribution in [3.63, 3.8) is 0 Å². The van der Waals surface area contributed by atoms with Gasteiger partial charge in [-0.1, -0.05) is 15.9 Å². The Morgan fingerprint density at radius 2 is 2.46 bits per heavy atom. The van der Waals surface area contributed by atoms with E-state index < -0.39 is 6.08 Å². The Kier molecular flexibility index (Phi) is 2.22. The molecular weight excluding hydrogens is 232 g/mol. The fraction of sp³-hybridized carbons (Fsp3) is 0.400. The van der Waals surface area contributed by atoms with Crippen LogP contribution in [0, 0.1) is 0 Å². The van der Waals surface area contributed by atoms with E-state index >= 15 is 0 Å². The summed E-state index contributed by atoms with van der Waals surface area (Å²) in [7, 11) is 0. The summed E-state index contributed by atoms with van der Waals surface area (Å²) in [5.74, 6) is 0.614. The highest BCUT2D eigenvalue weighted by molar-refractivity contribution is 9.10. The van der Waals surface area contributed by atoms with Crippen molar-refractivity contribution in [1.29, 1.82) is 0 Å². The minimum Gasteiger partial charge on any atom is -0.493 e. The third kappa shape index (κ3) is 1.86. The van der Waals surface area contributed by atoms with Crippen molar-refractivity contribution in [2.75, 3.05) is 6.61 Å². The Balaban J connectivity index is 2.52. The first kappa shape index (κ1) is 7.83. The summed E-state index contributed by atoms with van der Waals surface area (Å²) in [6, 6.07) is 5.37. The molecule has 0 radical (unpaired) electrons. The van der Waals surface area contributed by atoms with Crippen LogP contribution < -0.4 is 4.74 Å². The van der Waals surface area contributed by atoms with Crippen LogP contribution in [0.4, 0.5) is 0 Å². The fourth-order valence-electron chi connectivity index (χ4n) is 1.41. The lowest BCUT2D eigenvalue weighted by Crippen LogP contribution is -1.95. The predicted octanol–water partition coefficient (Wildman–Crippen LogP) is 2.66. The first-order valence-corrected chi connectivity index (χ1v) is 5.04. The molecule has 3 heteroatoms. The summed E-state index contributed by atoms with van der Waals surface area (Å²) in [4.78, 5) is 0. The van der Waals surface area contributed by atoms with Gasteiger partial charge in [-0.25, -0.2) is 0 Å². The molecule has 0 aromatic heterocycles. The highest BCUT2D eigenvalue weighted by Gasteiger charge is 2.17. The molecule has 0 aliphatic carbocycles. The van der Waals surface area contributed by atoms with E-state index in [1.54, 1.807) is 12.1 Å². The van der Waals surface area contributed by atoms with E-state index in [2.05, 4.69) is 15.9 Å². The van der Waals surface area contributed by atoms with Crippen molar-refractivity contribution < 1.29 is 11.2 Å². The second-order valence-electron chi connectivity index (χ2n) is 3.04. The van der Waals surface area contributed by atoms with Crippen LogP contribution in [0.3, 0.4) is 0 Å². The highest BCUT2D eigenvalue weighted by atomic mass is 79.9. The normalized spacial score (nSPS) is 28.3. The van der Waals surface area contributed by atoms with Gasteiger partial charge in [0.15, 0.2) is 0 Å². The Morgan fingerprint density at radius 1 is 1.62 bits per heavy atom. The molecule has 2 rings (SSSR count). The zero-order chi connectivity index (χ0) is 10.2. The van der Waals surface area contributed by atoms with Gasteiger partial charge in [0.2, 0.25) is 0 Å². The van der Waals surface area contributed by atoms with Gasteiger partial charge >= 0.3 is 0 Å². The monoisotopic (exact) mass is 243 g/mol.